The number of hydrogen-bond donors (Lipinski definition) is 3. The van der Waals surface area contributed by atoms with Crippen LogP contribution in [0.2, 0.25) is 0 Å². The van der Waals surface area contributed by atoms with Gasteiger partial charge in [0, 0.05) is 18.3 Å². The fourth-order valence-corrected chi connectivity index (χ4v) is 2.56. The van der Waals surface area contributed by atoms with Crippen LogP contribution in [0.1, 0.15) is 25.7 Å². The molecule has 110 valence electrons. The van der Waals surface area contributed by atoms with Crippen molar-refractivity contribution in [2.24, 2.45) is 11.7 Å². The van der Waals surface area contributed by atoms with E-state index in [4.69, 9.17) is 10.5 Å². The number of benzene rings is 1. The molecule has 1 aromatic rings. The van der Waals surface area contributed by atoms with Crippen molar-refractivity contribution in [3.63, 3.8) is 0 Å². The molecule has 2 rings (SSSR count). The van der Waals surface area contributed by atoms with Gasteiger partial charge in [0.2, 0.25) is 0 Å². The summed E-state index contributed by atoms with van der Waals surface area (Å²) in [7, 11) is 1.61. The third-order valence-electron chi connectivity index (χ3n) is 3.84. The number of anilines is 1. The minimum Gasteiger partial charge on any atom is -0.497 e. The van der Waals surface area contributed by atoms with Crippen molar-refractivity contribution >= 4 is 11.7 Å². The molecule has 0 bridgehead atoms. The highest BCUT2D eigenvalue weighted by Crippen LogP contribution is 2.22. The maximum atomic E-state index is 11.8. The molecule has 2 amide bonds. The van der Waals surface area contributed by atoms with Crippen LogP contribution >= 0.6 is 0 Å². The summed E-state index contributed by atoms with van der Waals surface area (Å²) in [4.78, 5) is 11.8. The van der Waals surface area contributed by atoms with Crippen LogP contribution in [0, 0.1) is 5.92 Å². The Labute approximate surface area is 119 Å². The number of urea groups is 1. The van der Waals surface area contributed by atoms with Crippen LogP contribution in [0.4, 0.5) is 10.5 Å². The molecule has 2 atom stereocenters. The molecule has 0 aliphatic heterocycles. The number of ether oxygens (including phenoxy) is 1. The van der Waals surface area contributed by atoms with Gasteiger partial charge in [-0.25, -0.2) is 4.79 Å². The fourth-order valence-electron chi connectivity index (χ4n) is 2.56. The lowest BCUT2D eigenvalue weighted by atomic mass is 9.85. The lowest BCUT2D eigenvalue weighted by Gasteiger charge is -2.28. The first-order valence-electron chi connectivity index (χ1n) is 7.13. The van der Waals surface area contributed by atoms with Crippen molar-refractivity contribution in [2.45, 2.75) is 31.7 Å². The van der Waals surface area contributed by atoms with Crippen molar-refractivity contribution in [1.82, 2.24) is 5.32 Å². The molecule has 2 unspecified atom stereocenters. The zero-order chi connectivity index (χ0) is 14.4. The van der Waals surface area contributed by atoms with Gasteiger partial charge >= 0.3 is 6.03 Å². The Morgan fingerprint density at radius 2 is 2.00 bits per heavy atom. The van der Waals surface area contributed by atoms with Gasteiger partial charge in [0.15, 0.2) is 0 Å². The Bertz CT molecular complexity index is 433. The summed E-state index contributed by atoms with van der Waals surface area (Å²) in [6.07, 6.45) is 4.58. The molecule has 4 N–H and O–H groups in total. The summed E-state index contributed by atoms with van der Waals surface area (Å²) in [6, 6.07) is 7.27. The second-order valence-corrected chi connectivity index (χ2v) is 5.27. The molecular formula is C15H23N3O2. The minimum absolute atomic E-state index is 0.187. The van der Waals surface area contributed by atoms with Gasteiger partial charge in [0.05, 0.1) is 7.11 Å². The average molecular weight is 277 g/mol. The monoisotopic (exact) mass is 277 g/mol. The van der Waals surface area contributed by atoms with E-state index in [0.29, 0.717) is 12.5 Å². The first kappa shape index (κ1) is 14.7. The normalized spacial score (nSPS) is 22.1. The first-order valence-corrected chi connectivity index (χ1v) is 7.13. The standard InChI is InChI=1S/C15H23N3O2/c1-20-13-8-6-12(7-9-13)18-15(19)17-10-11-4-2-3-5-14(11)16/h6-9,11,14H,2-5,10,16H2,1H3,(H2,17,18,19). The Hall–Kier alpha value is -1.75. The Balaban J connectivity index is 1.76. The van der Waals surface area contributed by atoms with Crippen LogP contribution < -0.4 is 21.1 Å². The number of nitrogens with one attached hydrogen (secondary N) is 2. The van der Waals surface area contributed by atoms with Crippen LogP contribution in [0.5, 0.6) is 5.75 Å². The minimum atomic E-state index is -0.187. The number of amides is 2. The third-order valence-corrected chi connectivity index (χ3v) is 3.84. The summed E-state index contributed by atoms with van der Waals surface area (Å²) in [5.41, 5.74) is 6.81. The zero-order valence-electron chi connectivity index (χ0n) is 11.9. The first-order chi connectivity index (χ1) is 9.69. The average Bonchev–Trinajstić information content (AvgIpc) is 2.47. The summed E-state index contributed by atoms with van der Waals surface area (Å²) < 4.78 is 5.07. The maximum absolute atomic E-state index is 11.8. The second kappa shape index (κ2) is 7.14. The predicted molar refractivity (Wildman–Crippen MR) is 79.9 cm³/mol. The molecule has 1 fully saturated rings. The van der Waals surface area contributed by atoms with E-state index in [1.54, 1.807) is 7.11 Å². The van der Waals surface area contributed by atoms with E-state index in [1.807, 2.05) is 24.3 Å². The lowest BCUT2D eigenvalue weighted by molar-refractivity contribution is 0.244. The van der Waals surface area contributed by atoms with Gasteiger partial charge in [-0.3, -0.25) is 0 Å². The smallest absolute Gasteiger partial charge is 0.319 e. The molecule has 0 saturated heterocycles. The largest absolute Gasteiger partial charge is 0.497 e. The van der Waals surface area contributed by atoms with Gasteiger partial charge in [0.25, 0.3) is 0 Å². The lowest BCUT2D eigenvalue weighted by Crippen LogP contribution is -2.42. The molecule has 1 aliphatic carbocycles. The van der Waals surface area contributed by atoms with E-state index in [1.165, 1.54) is 12.8 Å². The van der Waals surface area contributed by atoms with Gasteiger partial charge < -0.3 is 21.1 Å². The Kier molecular flexibility index (Phi) is 5.24. The highest BCUT2D eigenvalue weighted by molar-refractivity contribution is 5.89. The van der Waals surface area contributed by atoms with Gasteiger partial charge in [-0.2, -0.15) is 0 Å². The summed E-state index contributed by atoms with van der Waals surface area (Å²) in [5.74, 6) is 1.16. The second-order valence-electron chi connectivity index (χ2n) is 5.27. The number of carbonyl (C=O) groups excluding carboxylic acids is 1. The van der Waals surface area contributed by atoms with Crippen LogP contribution in [0.3, 0.4) is 0 Å². The molecular weight excluding hydrogens is 254 g/mol. The highest BCUT2D eigenvalue weighted by atomic mass is 16.5. The van der Waals surface area contributed by atoms with Gasteiger partial charge in [-0.15, -0.1) is 0 Å². The zero-order valence-corrected chi connectivity index (χ0v) is 11.9. The van der Waals surface area contributed by atoms with E-state index in [9.17, 15) is 4.79 Å². The van der Waals surface area contributed by atoms with Crippen LogP contribution in [-0.2, 0) is 0 Å². The topological polar surface area (TPSA) is 76.4 Å². The molecule has 1 saturated carbocycles. The number of nitrogens with two attached hydrogens (primary N) is 1. The number of carbonyl (C=O) groups is 1. The maximum Gasteiger partial charge on any atom is 0.319 e. The molecule has 5 nitrogen and oxygen atoms in total. The van der Waals surface area contributed by atoms with Crippen molar-refractivity contribution in [2.75, 3.05) is 19.0 Å². The molecule has 0 radical (unpaired) electrons. The van der Waals surface area contributed by atoms with Gasteiger partial charge in [-0.1, -0.05) is 12.8 Å². The molecule has 0 spiro atoms. The molecule has 0 aromatic heterocycles. The van der Waals surface area contributed by atoms with Crippen molar-refractivity contribution in [3.8, 4) is 5.75 Å². The number of rotatable bonds is 4. The van der Waals surface area contributed by atoms with E-state index >= 15 is 0 Å². The van der Waals surface area contributed by atoms with Crippen molar-refractivity contribution in [1.29, 1.82) is 0 Å². The summed E-state index contributed by atoms with van der Waals surface area (Å²) in [6.45, 7) is 0.642. The molecule has 0 heterocycles. The number of hydrogen-bond acceptors (Lipinski definition) is 3. The van der Waals surface area contributed by atoms with Gasteiger partial charge in [0.1, 0.15) is 5.75 Å². The van der Waals surface area contributed by atoms with E-state index in [0.717, 1.165) is 24.3 Å². The molecule has 20 heavy (non-hydrogen) atoms. The summed E-state index contributed by atoms with van der Waals surface area (Å²) >= 11 is 0. The van der Waals surface area contributed by atoms with Gasteiger partial charge in [-0.05, 0) is 43.0 Å². The van der Waals surface area contributed by atoms with Crippen LogP contribution in [0.15, 0.2) is 24.3 Å². The fraction of sp³-hybridized carbons (Fsp3) is 0.533. The number of methoxy groups -OCH3 is 1. The van der Waals surface area contributed by atoms with Crippen molar-refractivity contribution < 1.29 is 9.53 Å². The Morgan fingerprint density at radius 3 is 2.65 bits per heavy atom. The SMILES string of the molecule is COc1ccc(NC(=O)NCC2CCCCC2N)cc1. The third kappa shape index (κ3) is 4.13. The Morgan fingerprint density at radius 1 is 1.30 bits per heavy atom. The molecule has 1 aromatic carbocycles. The van der Waals surface area contributed by atoms with Crippen LogP contribution in [-0.4, -0.2) is 25.7 Å². The van der Waals surface area contributed by atoms with E-state index in [-0.39, 0.29) is 12.1 Å². The quantitative estimate of drug-likeness (QED) is 0.790. The highest BCUT2D eigenvalue weighted by Gasteiger charge is 2.21. The summed E-state index contributed by atoms with van der Waals surface area (Å²) in [5, 5.41) is 5.70. The predicted octanol–water partition coefficient (Wildman–Crippen LogP) is 2.33. The van der Waals surface area contributed by atoms with Crippen LogP contribution in [0.25, 0.3) is 0 Å². The molecule has 5 heteroatoms. The molecule has 1 aliphatic rings. The van der Waals surface area contributed by atoms with Crippen molar-refractivity contribution in [3.05, 3.63) is 24.3 Å². The van der Waals surface area contributed by atoms with E-state index < -0.39 is 0 Å². The van der Waals surface area contributed by atoms with E-state index in [2.05, 4.69) is 10.6 Å².